The first-order chi connectivity index (χ1) is 7.16. The molecule has 1 N–H and O–H groups in total. The van der Waals surface area contributed by atoms with E-state index in [0.717, 1.165) is 17.5 Å². The molecular weight excluding hydrogens is 184 g/mol. The summed E-state index contributed by atoms with van der Waals surface area (Å²) in [6.45, 7) is 6.24. The van der Waals surface area contributed by atoms with Crippen LogP contribution in [0.3, 0.4) is 0 Å². The lowest BCUT2D eigenvalue weighted by molar-refractivity contribution is 0.461. The SMILES string of the molecule is CCCCCCc1ccc(C)c(C)c1O. The summed E-state index contributed by atoms with van der Waals surface area (Å²) in [4.78, 5) is 0. The summed E-state index contributed by atoms with van der Waals surface area (Å²) in [5.41, 5.74) is 3.31. The van der Waals surface area contributed by atoms with E-state index < -0.39 is 0 Å². The van der Waals surface area contributed by atoms with Crippen LogP contribution >= 0.6 is 0 Å². The third kappa shape index (κ3) is 3.26. The predicted molar refractivity (Wildman–Crippen MR) is 65.4 cm³/mol. The molecule has 1 rings (SSSR count). The molecule has 84 valence electrons. The largest absolute Gasteiger partial charge is 0.507 e. The molecule has 0 saturated carbocycles. The highest BCUT2D eigenvalue weighted by molar-refractivity contribution is 5.44. The van der Waals surface area contributed by atoms with Crippen LogP contribution in [0.5, 0.6) is 5.75 Å². The van der Waals surface area contributed by atoms with Gasteiger partial charge in [0, 0.05) is 0 Å². The van der Waals surface area contributed by atoms with Crippen molar-refractivity contribution < 1.29 is 5.11 Å². The summed E-state index contributed by atoms with van der Waals surface area (Å²) in [6.07, 6.45) is 6.02. The molecule has 1 aromatic rings. The third-order valence-electron chi connectivity index (χ3n) is 3.09. The standard InChI is InChI=1S/C14H22O/c1-4-5-6-7-8-13-10-9-11(2)12(3)14(13)15/h9-10,15H,4-8H2,1-3H3. The number of phenols is 1. The molecule has 0 aliphatic rings. The molecule has 0 fully saturated rings. The first-order valence-electron chi connectivity index (χ1n) is 5.94. The molecule has 0 saturated heterocycles. The van der Waals surface area contributed by atoms with Crippen LogP contribution in [0.15, 0.2) is 12.1 Å². The Morgan fingerprint density at radius 2 is 1.80 bits per heavy atom. The van der Waals surface area contributed by atoms with Crippen LogP contribution in [0, 0.1) is 13.8 Å². The second kappa shape index (κ2) is 5.79. The van der Waals surface area contributed by atoms with Crippen LogP contribution in [0.2, 0.25) is 0 Å². The number of aryl methyl sites for hydroxylation is 2. The van der Waals surface area contributed by atoms with Gasteiger partial charge in [0.2, 0.25) is 0 Å². The number of hydrogen-bond donors (Lipinski definition) is 1. The van der Waals surface area contributed by atoms with Crippen molar-refractivity contribution in [2.45, 2.75) is 52.9 Å². The summed E-state index contributed by atoms with van der Waals surface area (Å²) in [7, 11) is 0. The van der Waals surface area contributed by atoms with Gasteiger partial charge in [-0.25, -0.2) is 0 Å². The summed E-state index contributed by atoms with van der Waals surface area (Å²) in [5, 5.41) is 9.93. The maximum Gasteiger partial charge on any atom is 0.121 e. The van der Waals surface area contributed by atoms with E-state index in [1.165, 1.54) is 31.2 Å². The van der Waals surface area contributed by atoms with Crippen molar-refractivity contribution in [2.24, 2.45) is 0 Å². The predicted octanol–water partition coefficient (Wildman–Crippen LogP) is 4.13. The van der Waals surface area contributed by atoms with Crippen molar-refractivity contribution in [3.05, 3.63) is 28.8 Å². The lowest BCUT2D eigenvalue weighted by atomic mass is 10.00. The molecule has 0 bridgehead atoms. The van der Waals surface area contributed by atoms with Crippen LogP contribution in [0.1, 0.15) is 49.3 Å². The minimum atomic E-state index is 0.506. The van der Waals surface area contributed by atoms with Crippen molar-refractivity contribution >= 4 is 0 Å². The molecule has 0 amide bonds. The molecule has 0 spiro atoms. The fourth-order valence-electron chi connectivity index (χ4n) is 1.80. The minimum Gasteiger partial charge on any atom is -0.507 e. The van der Waals surface area contributed by atoms with E-state index in [2.05, 4.69) is 19.1 Å². The molecule has 0 unspecified atom stereocenters. The second-order valence-electron chi connectivity index (χ2n) is 4.33. The third-order valence-corrected chi connectivity index (χ3v) is 3.09. The van der Waals surface area contributed by atoms with Gasteiger partial charge in [-0.3, -0.25) is 0 Å². The van der Waals surface area contributed by atoms with Crippen molar-refractivity contribution in [3.63, 3.8) is 0 Å². The number of benzene rings is 1. The molecule has 0 aliphatic heterocycles. The summed E-state index contributed by atoms with van der Waals surface area (Å²) < 4.78 is 0. The van der Waals surface area contributed by atoms with Crippen LogP contribution in [0.25, 0.3) is 0 Å². The van der Waals surface area contributed by atoms with E-state index in [1.807, 2.05) is 13.8 Å². The fraction of sp³-hybridized carbons (Fsp3) is 0.571. The van der Waals surface area contributed by atoms with E-state index >= 15 is 0 Å². The highest BCUT2D eigenvalue weighted by atomic mass is 16.3. The topological polar surface area (TPSA) is 20.2 Å². The Balaban J connectivity index is 2.58. The van der Waals surface area contributed by atoms with Gasteiger partial charge in [0.05, 0.1) is 0 Å². The van der Waals surface area contributed by atoms with Gasteiger partial charge < -0.3 is 5.11 Å². The zero-order chi connectivity index (χ0) is 11.3. The summed E-state index contributed by atoms with van der Waals surface area (Å²) >= 11 is 0. The lowest BCUT2D eigenvalue weighted by Crippen LogP contribution is -1.91. The minimum absolute atomic E-state index is 0.506. The molecule has 1 aromatic carbocycles. The van der Waals surface area contributed by atoms with Crippen molar-refractivity contribution in [1.82, 2.24) is 0 Å². The first kappa shape index (κ1) is 12.1. The van der Waals surface area contributed by atoms with E-state index in [1.54, 1.807) is 0 Å². The van der Waals surface area contributed by atoms with Crippen molar-refractivity contribution in [3.8, 4) is 5.75 Å². The van der Waals surface area contributed by atoms with Gasteiger partial charge in [-0.1, -0.05) is 38.3 Å². The molecular formula is C14H22O. The maximum atomic E-state index is 9.93. The van der Waals surface area contributed by atoms with E-state index in [4.69, 9.17) is 0 Å². The molecule has 0 radical (unpaired) electrons. The molecule has 0 aliphatic carbocycles. The van der Waals surface area contributed by atoms with Gasteiger partial charge in [0.15, 0.2) is 0 Å². The normalized spacial score (nSPS) is 10.6. The van der Waals surface area contributed by atoms with Gasteiger partial charge in [-0.15, -0.1) is 0 Å². The molecule has 15 heavy (non-hydrogen) atoms. The Morgan fingerprint density at radius 1 is 1.07 bits per heavy atom. The number of unbranched alkanes of at least 4 members (excludes halogenated alkanes) is 3. The van der Waals surface area contributed by atoms with Crippen LogP contribution < -0.4 is 0 Å². The van der Waals surface area contributed by atoms with Crippen LogP contribution in [-0.2, 0) is 6.42 Å². The molecule has 0 aromatic heterocycles. The summed E-state index contributed by atoms with van der Waals surface area (Å²) in [6, 6.07) is 4.16. The average molecular weight is 206 g/mol. The molecule has 0 heterocycles. The molecule has 1 heteroatoms. The van der Waals surface area contributed by atoms with Gasteiger partial charge >= 0.3 is 0 Å². The number of hydrogen-bond acceptors (Lipinski definition) is 1. The first-order valence-corrected chi connectivity index (χ1v) is 5.94. The van der Waals surface area contributed by atoms with E-state index in [9.17, 15) is 5.11 Å². The second-order valence-corrected chi connectivity index (χ2v) is 4.33. The van der Waals surface area contributed by atoms with Gasteiger partial charge in [-0.2, -0.15) is 0 Å². The van der Waals surface area contributed by atoms with Gasteiger partial charge in [-0.05, 0) is 43.4 Å². The Labute approximate surface area is 93.1 Å². The van der Waals surface area contributed by atoms with Gasteiger partial charge in [0.25, 0.3) is 0 Å². The Kier molecular flexibility index (Phi) is 4.67. The van der Waals surface area contributed by atoms with E-state index in [-0.39, 0.29) is 0 Å². The zero-order valence-electron chi connectivity index (χ0n) is 10.1. The quantitative estimate of drug-likeness (QED) is 0.718. The Hall–Kier alpha value is -0.980. The Bertz CT molecular complexity index is 315. The smallest absolute Gasteiger partial charge is 0.121 e. The average Bonchev–Trinajstić information content (AvgIpc) is 2.24. The highest BCUT2D eigenvalue weighted by Gasteiger charge is 2.05. The lowest BCUT2D eigenvalue weighted by Gasteiger charge is -2.09. The van der Waals surface area contributed by atoms with Crippen LogP contribution in [0.4, 0.5) is 0 Å². The van der Waals surface area contributed by atoms with Crippen molar-refractivity contribution in [2.75, 3.05) is 0 Å². The summed E-state index contributed by atoms with van der Waals surface area (Å²) in [5.74, 6) is 0.506. The maximum absolute atomic E-state index is 9.93. The highest BCUT2D eigenvalue weighted by Crippen LogP contribution is 2.26. The Morgan fingerprint density at radius 3 is 2.47 bits per heavy atom. The monoisotopic (exact) mass is 206 g/mol. The van der Waals surface area contributed by atoms with Crippen LogP contribution in [-0.4, -0.2) is 5.11 Å². The number of rotatable bonds is 5. The zero-order valence-corrected chi connectivity index (χ0v) is 10.1. The fourth-order valence-corrected chi connectivity index (χ4v) is 1.80. The van der Waals surface area contributed by atoms with E-state index in [0.29, 0.717) is 5.75 Å². The number of aromatic hydroxyl groups is 1. The number of phenolic OH excluding ortho intramolecular Hbond substituents is 1. The van der Waals surface area contributed by atoms with Crippen molar-refractivity contribution in [1.29, 1.82) is 0 Å². The molecule has 0 atom stereocenters. The molecule has 1 nitrogen and oxygen atoms in total. The van der Waals surface area contributed by atoms with Gasteiger partial charge in [0.1, 0.15) is 5.75 Å².